The number of ether oxygens (including phenoxy) is 2. The van der Waals surface area contributed by atoms with Gasteiger partial charge in [-0.15, -0.1) is 5.10 Å². The first-order valence-corrected chi connectivity index (χ1v) is 8.23. The molecule has 5 nitrogen and oxygen atoms in total. The van der Waals surface area contributed by atoms with Crippen molar-refractivity contribution in [3.05, 3.63) is 69.6 Å². The fraction of sp³-hybridized carbons (Fsp3) is 0.176. The summed E-state index contributed by atoms with van der Waals surface area (Å²) in [6, 6.07) is 17.7. The highest BCUT2D eigenvalue weighted by molar-refractivity contribution is 14.1. The first kappa shape index (κ1) is 15.8. The number of halogens is 1. The van der Waals surface area contributed by atoms with E-state index in [1.807, 2.05) is 47.1 Å². The van der Waals surface area contributed by atoms with Crippen LogP contribution in [0.1, 0.15) is 11.3 Å². The van der Waals surface area contributed by atoms with Crippen molar-refractivity contribution < 1.29 is 9.47 Å². The van der Waals surface area contributed by atoms with Crippen molar-refractivity contribution in [1.82, 2.24) is 15.0 Å². The van der Waals surface area contributed by atoms with E-state index in [2.05, 4.69) is 45.0 Å². The summed E-state index contributed by atoms with van der Waals surface area (Å²) in [6.07, 6.45) is 0. The van der Waals surface area contributed by atoms with Crippen LogP contribution in [0.3, 0.4) is 0 Å². The molecule has 1 aromatic heterocycles. The van der Waals surface area contributed by atoms with Crippen molar-refractivity contribution in [2.45, 2.75) is 13.2 Å². The van der Waals surface area contributed by atoms with Gasteiger partial charge in [0.25, 0.3) is 0 Å². The SMILES string of the molecule is COc1ccc(OCc2nnn(Cc3ccccc3)c2I)cc1. The number of aromatic nitrogens is 3. The van der Waals surface area contributed by atoms with Crippen molar-refractivity contribution in [2.24, 2.45) is 0 Å². The number of hydrogen-bond acceptors (Lipinski definition) is 4. The summed E-state index contributed by atoms with van der Waals surface area (Å²) in [5, 5.41) is 8.43. The highest BCUT2D eigenvalue weighted by Crippen LogP contribution is 2.19. The summed E-state index contributed by atoms with van der Waals surface area (Å²) in [5.41, 5.74) is 2.02. The van der Waals surface area contributed by atoms with Gasteiger partial charge in [0.1, 0.15) is 27.5 Å². The molecule has 0 unspecified atom stereocenters. The maximum atomic E-state index is 5.76. The zero-order valence-electron chi connectivity index (χ0n) is 12.6. The van der Waals surface area contributed by atoms with E-state index >= 15 is 0 Å². The second-order valence-corrected chi connectivity index (χ2v) is 5.96. The van der Waals surface area contributed by atoms with Crippen molar-refractivity contribution >= 4 is 22.6 Å². The Morgan fingerprint density at radius 3 is 2.39 bits per heavy atom. The lowest BCUT2D eigenvalue weighted by Crippen LogP contribution is -2.05. The Bertz CT molecular complexity index is 757. The van der Waals surface area contributed by atoms with Gasteiger partial charge in [-0.2, -0.15) is 0 Å². The maximum Gasteiger partial charge on any atom is 0.135 e. The van der Waals surface area contributed by atoms with Crippen LogP contribution in [0.2, 0.25) is 0 Å². The molecule has 0 radical (unpaired) electrons. The minimum Gasteiger partial charge on any atom is -0.497 e. The topological polar surface area (TPSA) is 49.2 Å². The van der Waals surface area contributed by atoms with E-state index in [-0.39, 0.29) is 0 Å². The van der Waals surface area contributed by atoms with Crippen molar-refractivity contribution in [3.63, 3.8) is 0 Å². The number of benzene rings is 2. The van der Waals surface area contributed by atoms with E-state index in [0.29, 0.717) is 13.2 Å². The second kappa shape index (κ2) is 7.45. The van der Waals surface area contributed by atoms with Gasteiger partial charge >= 0.3 is 0 Å². The fourth-order valence-corrected chi connectivity index (χ4v) is 2.64. The molecule has 0 aliphatic carbocycles. The highest BCUT2D eigenvalue weighted by atomic mass is 127. The standard InChI is InChI=1S/C17H16IN3O2/c1-22-14-7-9-15(10-8-14)23-12-16-17(18)21(20-19-16)11-13-5-3-2-4-6-13/h2-10H,11-12H2,1H3. The molecule has 118 valence electrons. The van der Waals surface area contributed by atoms with Gasteiger partial charge in [0, 0.05) is 0 Å². The van der Waals surface area contributed by atoms with Crippen LogP contribution in [-0.2, 0) is 13.2 Å². The van der Waals surface area contributed by atoms with Crippen molar-refractivity contribution in [2.75, 3.05) is 7.11 Å². The van der Waals surface area contributed by atoms with E-state index in [1.54, 1.807) is 7.11 Å². The summed E-state index contributed by atoms with van der Waals surface area (Å²) in [4.78, 5) is 0. The van der Waals surface area contributed by atoms with Crippen LogP contribution in [0.5, 0.6) is 11.5 Å². The molecule has 0 amide bonds. The molecule has 0 aliphatic rings. The third-order valence-corrected chi connectivity index (χ3v) is 4.53. The largest absolute Gasteiger partial charge is 0.497 e. The van der Waals surface area contributed by atoms with E-state index in [4.69, 9.17) is 9.47 Å². The van der Waals surface area contributed by atoms with Gasteiger partial charge in [0.05, 0.1) is 13.7 Å². The first-order chi connectivity index (χ1) is 11.3. The minimum atomic E-state index is 0.388. The van der Waals surface area contributed by atoms with Gasteiger partial charge in [-0.05, 0) is 52.4 Å². The molecule has 0 bridgehead atoms. The fourth-order valence-electron chi connectivity index (χ4n) is 2.11. The quantitative estimate of drug-likeness (QED) is 0.572. The van der Waals surface area contributed by atoms with E-state index < -0.39 is 0 Å². The monoisotopic (exact) mass is 421 g/mol. The summed E-state index contributed by atoms with van der Waals surface area (Å²) < 4.78 is 13.8. The summed E-state index contributed by atoms with van der Waals surface area (Å²) in [5.74, 6) is 1.58. The predicted octanol–water partition coefficient (Wildman–Crippen LogP) is 3.52. The van der Waals surface area contributed by atoms with Gasteiger partial charge < -0.3 is 9.47 Å². The second-order valence-electron chi connectivity index (χ2n) is 4.93. The number of nitrogens with zero attached hydrogens (tertiary/aromatic N) is 3. The zero-order valence-corrected chi connectivity index (χ0v) is 14.8. The van der Waals surface area contributed by atoms with E-state index in [9.17, 15) is 0 Å². The number of hydrogen-bond donors (Lipinski definition) is 0. The van der Waals surface area contributed by atoms with Crippen LogP contribution in [0.4, 0.5) is 0 Å². The molecular formula is C17H16IN3O2. The summed E-state index contributed by atoms with van der Waals surface area (Å²) in [6.45, 7) is 1.09. The first-order valence-electron chi connectivity index (χ1n) is 7.15. The van der Waals surface area contributed by atoms with Gasteiger partial charge in [-0.1, -0.05) is 35.5 Å². The zero-order chi connectivity index (χ0) is 16.1. The smallest absolute Gasteiger partial charge is 0.135 e. The average Bonchev–Trinajstić information content (AvgIpc) is 2.94. The molecule has 2 aromatic carbocycles. The number of rotatable bonds is 6. The van der Waals surface area contributed by atoms with E-state index in [0.717, 1.165) is 20.9 Å². The Labute approximate surface area is 148 Å². The summed E-state index contributed by atoms with van der Waals surface area (Å²) in [7, 11) is 1.64. The Balaban J connectivity index is 1.64. The lowest BCUT2D eigenvalue weighted by atomic mass is 10.2. The van der Waals surface area contributed by atoms with Gasteiger partial charge in [-0.3, -0.25) is 0 Å². The molecule has 0 spiro atoms. The highest BCUT2D eigenvalue weighted by Gasteiger charge is 2.11. The third-order valence-electron chi connectivity index (χ3n) is 3.35. The summed E-state index contributed by atoms with van der Waals surface area (Å²) >= 11 is 2.25. The molecule has 6 heteroatoms. The molecule has 0 N–H and O–H groups in total. The Morgan fingerprint density at radius 2 is 1.70 bits per heavy atom. The molecule has 0 saturated heterocycles. The number of methoxy groups -OCH3 is 1. The van der Waals surface area contributed by atoms with E-state index in [1.165, 1.54) is 5.56 Å². The third kappa shape index (κ3) is 4.01. The average molecular weight is 421 g/mol. The normalized spacial score (nSPS) is 10.5. The Kier molecular flexibility index (Phi) is 5.12. The van der Waals surface area contributed by atoms with Crippen LogP contribution >= 0.6 is 22.6 Å². The Morgan fingerprint density at radius 1 is 1.00 bits per heavy atom. The molecule has 1 heterocycles. The molecule has 3 rings (SSSR count). The van der Waals surface area contributed by atoms with Gasteiger partial charge in [0.2, 0.25) is 0 Å². The van der Waals surface area contributed by atoms with Crippen LogP contribution in [0, 0.1) is 3.70 Å². The molecule has 23 heavy (non-hydrogen) atoms. The van der Waals surface area contributed by atoms with Crippen molar-refractivity contribution in [3.8, 4) is 11.5 Å². The van der Waals surface area contributed by atoms with Crippen LogP contribution in [0.25, 0.3) is 0 Å². The molecule has 0 fully saturated rings. The molecule has 3 aromatic rings. The van der Waals surface area contributed by atoms with Crippen molar-refractivity contribution in [1.29, 1.82) is 0 Å². The minimum absolute atomic E-state index is 0.388. The van der Waals surface area contributed by atoms with Crippen LogP contribution in [0.15, 0.2) is 54.6 Å². The Hall–Kier alpha value is -2.09. The molecular weight excluding hydrogens is 405 g/mol. The van der Waals surface area contributed by atoms with Crippen LogP contribution in [-0.4, -0.2) is 22.1 Å². The van der Waals surface area contributed by atoms with Gasteiger partial charge in [0.15, 0.2) is 0 Å². The molecule has 0 aliphatic heterocycles. The van der Waals surface area contributed by atoms with Gasteiger partial charge in [-0.25, -0.2) is 4.68 Å². The maximum absolute atomic E-state index is 5.76. The molecule has 0 saturated carbocycles. The lowest BCUT2D eigenvalue weighted by molar-refractivity contribution is 0.299. The van der Waals surface area contributed by atoms with Crippen LogP contribution < -0.4 is 9.47 Å². The lowest BCUT2D eigenvalue weighted by Gasteiger charge is -2.06. The molecule has 0 atom stereocenters. The predicted molar refractivity (Wildman–Crippen MR) is 95.6 cm³/mol.